The summed E-state index contributed by atoms with van der Waals surface area (Å²) >= 11 is 0. The van der Waals surface area contributed by atoms with E-state index >= 15 is 0 Å². The fourth-order valence-corrected chi connectivity index (χ4v) is 0.712. The third-order valence-electron chi connectivity index (χ3n) is 1.32. The van der Waals surface area contributed by atoms with Gasteiger partial charge < -0.3 is 5.43 Å². The van der Waals surface area contributed by atoms with Crippen molar-refractivity contribution in [1.82, 2.24) is 10.4 Å². The third-order valence-corrected chi connectivity index (χ3v) is 1.32. The molecular formula is C9H13N3. The normalized spacial score (nSPS) is 9.17. The molecular weight excluding hydrogens is 150 g/mol. The molecule has 0 bridgehead atoms. The zero-order chi connectivity index (χ0) is 8.97. The summed E-state index contributed by atoms with van der Waals surface area (Å²) in [4.78, 5) is 4.14. The van der Waals surface area contributed by atoms with Crippen LogP contribution in [0.5, 0.6) is 0 Å². The summed E-state index contributed by atoms with van der Waals surface area (Å²) in [5, 5.41) is 0. The van der Waals surface area contributed by atoms with Crippen LogP contribution in [0, 0.1) is 6.92 Å². The maximum absolute atomic E-state index is 4.14. The average Bonchev–Trinajstić information content (AvgIpc) is 2.03. The molecule has 0 fully saturated rings. The standard InChI is InChI=1S/C9H13N3/c1-7(2)11-12-9-5-4-8(3)6-10-9/h4-6,11H,1H2,2-3H3,(H,10,12). The van der Waals surface area contributed by atoms with Gasteiger partial charge in [-0.05, 0) is 25.5 Å². The van der Waals surface area contributed by atoms with E-state index in [4.69, 9.17) is 0 Å². The molecule has 0 aliphatic carbocycles. The zero-order valence-corrected chi connectivity index (χ0v) is 7.39. The van der Waals surface area contributed by atoms with Crippen LogP contribution in [-0.2, 0) is 0 Å². The number of allylic oxidation sites excluding steroid dienone is 1. The Labute approximate surface area is 72.5 Å². The van der Waals surface area contributed by atoms with Gasteiger partial charge in [-0.2, -0.15) is 0 Å². The van der Waals surface area contributed by atoms with Crippen LogP contribution in [0.3, 0.4) is 0 Å². The molecule has 12 heavy (non-hydrogen) atoms. The topological polar surface area (TPSA) is 37.0 Å². The number of nitrogens with one attached hydrogen (secondary N) is 2. The Balaban J connectivity index is 2.53. The van der Waals surface area contributed by atoms with Gasteiger partial charge in [0, 0.05) is 11.9 Å². The maximum Gasteiger partial charge on any atom is 0.144 e. The number of aryl methyl sites for hydroxylation is 1. The lowest BCUT2D eigenvalue weighted by Crippen LogP contribution is -2.19. The van der Waals surface area contributed by atoms with Gasteiger partial charge in [0.15, 0.2) is 0 Å². The molecule has 0 aliphatic heterocycles. The highest BCUT2D eigenvalue weighted by Crippen LogP contribution is 2.01. The van der Waals surface area contributed by atoms with E-state index in [9.17, 15) is 0 Å². The Bertz CT molecular complexity index is 264. The van der Waals surface area contributed by atoms with Crippen LogP contribution in [-0.4, -0.2) is 4.98 Å². The summed E-state index contributed by atoms with van der Waals surface area (Å²) in [6.07, 6.45) is 1.81. The Hall–Kier alpha value is -1.51. The molecule has 1 rings (SSSR count). The van der Waals surface area contributed by atoms with Gasteiger partial charge in [0.05, 0.1) is 0 Å². The van der Waals surface area contributed by atoms with Crippen molar-refractivity contribution < 1.29 is 0 Å². The number of nitrogens with zero attached hydrogens (tertiary/aromatic N) is 1. The van der Waals surface area contributed by atoms with Crippen LogP contribution in [0.15, 0.2) is 30.6 Å². The van der Waals surface area contributed by atoms with Gasteiger partial charge >= 0.3 is 0 Å². The van der Waals surface area contributed by atoms with Crippen LogP contribution in [0.1, 0.15) is 12.5 Å². The lowest BCUT2D eigenvalue weighted by molar-refractivity contribution is 0.951. The van der Waals surface area contributed by atoms with Crippen LogP contribution in [0.25, 0.3) is 0 Å². The van der Waals surface area contributed by atoms with E-state index in [1.807, 2.05) is 32.2 Å². The van der Waals surface area contributed by atoms with E-state index < -0.39 is 0 Å². The molecule has 2 N–H and O–H groups in total. The summed E-state index contributed by atoms with van der Waals surface area (Å²) in [7, 11) is 0. The minimum atomic E-state index is 0.795. The number of hydrazine groups is 1. The Morgan fingerprint density at radius 2 is 2.25 bits per heavy atom. The third kappa shape index (κ3) is 2.62. The van der Waals surface area contributed by atoms with E-state index in [0.717, 1.165) is 17.1 Å². The molecule has 3 nitrogen and oxygen atoms in total. The zero-order valence-electron chi connectivity index (χ0n) is 7.39. The first-order valence-corrected chi connectivity index (χ1v) is 3.78. The number of pyridine rings is 1. The van der Waals surface area contributed by atoms with E-state index in [1.165, 1.54) is 0 Å². The molecule has 1 aromatic heterocycles. The number of hydrogen-bond acceptors (Lipinski definition) is 3. The molecule has 0 spiro atoms. The molecule has 0 unspecified atom stereocenters. The van der Waals surface area contributed by atoms with E-state index in [-0.39, 0.29) is 0 Å². The van der Waals surface area contributed by atoms with Gasteiger partial charge in [-0.1, -0.05) is 12.6 Å². The molecule has 3 heteroatoms. The second kappa shape index (κ2) is 3.76. The van der Waals surface area contributed by atoms with E-state index in [1.54, 1.807) is 0 Å². The van der Waals surface area contributed by atoms with Crippen molar-refractivity contribution in [3.8, 4) is 0 Å². The summed E-state index contributed by atoms with van der Waals surface area (Å²) in [6.45, 7) is 7.57. The van der Waals surface area contributed by atoms with Crippen molar-refractivity contribution in [1.29, 1.82) is 0 Å². The fraction of sp³-hybridized carbons (Fsp3) is 0.222. The van der Waals surface area contributed by atoms with Gasteiger partial charge in [-0.25, -0.2) is 4.98 Å². The Morgan fingerprint density at radius 3 is 2.75 bits per heavy atom. The number of hydrogen-bond donors (Lipinski definition) is 2. The predicted molar refractivity (Wildman–Crippen MR) is 50.5 cm³/mol. The van der Waals surface area contributed by atoms with E-state index in [0.29, 0.717) is 0 Å². The second-order valence-electron chi connectivity index (χ2n) is 2.75. The fourth-order valence-electron chi connectivity index (χ4n) is 0.712. The molecule has 1 aromatic rings. The van der Waals surface area contributed by atoms with Crippen LogP contribution in [0.4, 0.5) is 5.82 Å². The first-order chi connectivity index (χ1) is 5.68. The van der Waals surface area contributed by atoms with Gasteiger partial charge in [0.25, 0.3) is 0 Å². The minimum Gasteiger partial charge on any atom is -0.305 e. The summed E-state index contributed by atoms with van der Waals surface area (Å²) in [5.74, 6) is 0.795. The first-order valence-electron chi connectivity index (χ1n) is 3.78. The van der Waals surface area contributed by atoms with Crippen molar-refractivity contribution in [2.24, 2.45) is 0 Å². The number of anilines is 1. The van der Waals surface area contributed by atoms with Gasteiger partial charge in [-0.3, -0.25) is 5.43 Å². The monoisotopic (exact) mass is 163 g/mol. The minimum absolute atomic E-state index is 0.795. The van der Waals surface area contributed by atoms with Crippen molar-refractivity contribution >= 4 is 5.82 Å². The largest absolute Gasteiger partial charge is 0.305 e. The SMILES string of the molecule is C=C(C)NNc1ccc(C)cn1. The molecule has 0 atom stereocenters. The molecule has 0 amide bonds. The molecule has 0 aromatic carbocycles. The maximum atomic E-state index is 4.14. The van der Waals surface area contributed by atoms with Gasteiger partial charge in [0.2, 0.25) is 0 Å². The smallest absolute Gasteiger partial charge is 0.144 e. The second-order valence-corrected chi connectivity index (χ2v) is 2.75. The Morgan fingerprint density at radius 1 is 1.50 bits per heavy atom. The average molecular weight is 163 g/mol. The van der Waals surface area contributed by atoms with Gasteiger partial charge in [-0.15, -0.1) is 0 Å². The van der Waals surface area contributed by atoms with Crippen molar-refractivity contribution in [2.75, 3.05) is 5.43 Å². The summed E-state index contributed by atoms with van der Waals surface area (Å²) < 4.78 is 0. The summed E-state index contributed by atoms with van der Waals surface area (Å²) in [5.41, 5.74) is 7.79. The molecule has 0 aliphatic rings. The molecule has 0 saturated heterocycles. The number of rotatable bonds is 3. The van der Waals surface area contributed by atoms with Gasteiger partial charge in [0.1, 0.15) is 5.82 Å². The highest BCUT2D eigenvalue weighted by atomic mass is 15.4. The molecule has 0 radical (unpaired) electrons. The number of aromatic nitrogens is 1. The first kappa shape index (κ1) is 8.59. The van der Waals surface area contributed by atoms with Crippen LogP contribution >= 0.6 is 0 Å². The molecule has 0 saturated carbocycles. The molecule has 1 heterocycles. The van der Waals surface area contributed by atoms with E-state index in [2.05, 4.69) is 22.4 Å². The van der Waals surface area contributed by atoms with Crippen molar-refractivity contribution in [3.05, 3.63) is 36.2 Å². The molecule has 64 valence electrons. The predicted octanol–water partition coefficient (Wildman–Crippen LogP) is 1.84. The lowest BCUT2D eigenvalue weighted by Gasteiger charge is -2.07. The Kier molecular flexibility index (Phi) is 2.69. The lowest BCUT2D eigenvalue weighted by atomic mass is 10.3. The van der Waals surface area contributed by atoms with Crippen LogP contribution in [0.2, 0.25) is 0 Å². The highest BCUT2D eigenvalue weighted by Gasteiger charge is 1.89. The summed E-state index contributed by atoms with van der Waals surface area (Å²) in [6, 6.07) is 3.90. The van der Waals surface area contributed by atoms with Crippen LogP contribution < -0.4 is 10.9 Å². The van der Waals surface area contributed by atoms with Crippen molar-refractivity contribution in [3.63, 3.8) is 0 Å². The highest BCUT2D eigenvalue weighted by molar-refractivity contribution is 5.34. The van der Waals surface area contributed by atoms with Crippen molar-refractivity contribution in [2.45, 2.75) is 13.8 Å². The quantitative estimate of drug-likeness (QED) is 0.667.